The molecule has 1 aliphatic rings. The SMILES string of the molecule is CCc1cc2cc(C(O)CN3CCCCC3)ccc2[nH]c1=O. The van der Waals surface area contributed by atoms with Gasteiger partial charge >= 0.3 is 0 Å². The molecule has 118 valence electrons. The van der Waals surface area contributed by atoms with Crippen molar-refractivity contribution in [1.82, 2.24) is 9.88 Å². The molecule has 4 nitrogen and oxygen atoms in total. The molecule has 1 fully saturated rings. The quantitative estimate of drug-likeness (QED) is 0.912. The summed E-state index contributed by atoms with van der Waals surface area (Å²) in [6.07, 6.45) is 4.00. The third-order valence-electron chi connectivity index (χ3n) is 4.59. The number of piperidine rings is 1. The number of rotatable bonds is 4. The van der Waals surface area contributed by atoms with E-state index in [2.05, 4.69) is 9.88 Å². The van der Waals surface area contributed by atoms with E-state index in [1.807, 2.05) is 31.2 Å². The monoisotopic (exact) mass is 300 g/mol. The van der Waals surface area contributed by atoms with Crippen molar-refractivity contribution in [3.05, 3.63) is 45.7 Å². The summed E-state index contributed by atoms with van der Waals surface area (Å²) in [5.74, 6) is 0. The fraction of sp³-hybridized carbons (Fsp3) is 0.500. The second kappa shape index (κ2) is 6.63. The summed E-state index contributed by atoms with van der Waals surface area (Å²) in [7, 11) is 0. The summed E-state index contributed by atoms with van der Waals surface area (Å²) in [6, 6.07) is 7.74. The van der Waals surface area contributed by atoms with E-state index in [0.717, 1.165) is 35.1 Å². The number of pyridine rings is 1. The maximum atomic E-state index is 11.8. The van der Waals surface area contributed by atoms with E-state index in [0.29, 0.717) is 13.0 Å². The van der Waals surface area contributed by atoms with E-state index < -0.39 is 6.10 Å². The van der Waals surface area contributed by atoms with Gasteiger partial charge in [-0.2, -0.15) is 0 Å². The van der Waals surface area contributed by atoms with Gasteiger partial charge in [0, 0.05) is 17.6 Å². The van der Waals surface area contributed by atoms with E-state index in [1.165, 1.54) is 19.3 Å². The Morgan fingerprint density at radius 3 is 2.73 bits per heavy atom. The van der Waals surface area contributed by atoms with Crippen LogP contribution < -0.4 is 5.56 Å². The second-order valence-corrected chi connectivity index (χ2v) is 6.20. The van der Waals surface area contributed by atoms with E-state index in [1.54, 1.807) is 0 Å². The van der Waals surface area contributed by atoms with E-state index in [9.17, 15) is 9.90 Å². The van der Waals surface area contributed by atoms with Gasteiger partial charge in [0.05, 0.1) is 6.10 Å². The summed E-state index contributed by atoms with van der Waals surface area (Å²) < 4.78 is 0. The smallest absolute Gasteiger partial charge is 0.251 e. The number of benzene rings is 1. The summed E-state index contributed by atoms with van der Waals surface area (Å²) in [6.45, 7) is 4.83. The number of aliphatic hydroxyl groups is 1. The van der Waals surface area contributed by atoms with Gasteiger partial charge in [-0.15, -0.1) is 0 Å². The lowest BCUT2D eigenvalue weighted by Crippen LogP contribution is -2.33. The Morgan fingerprint density at radius 1 is 1.23 bits per heavy atom. The number of β-amino-alcohol motifs (C(OH)–C–C–N with tert-alkyl or cyclic N) is 1. The first-order valence-corrected chi connectivity index (χ1v) is 8.23. The summed E-state index contributed by atoms with van der Waals surface area (Å²) >= 11 is 0. The third kappa shape index (κ3) is 3.23. The van der Waals surface area contributed by atoms with E-state index >= 15 is 0 Å². The molecule has 0 bridgehead atoms. The molecule has 0 amide bonds. The van der Waals surface area contributed by atoms with Crippen LogP contribution >= 0.6 is 0 Å². The lowest BCUT2D eigenvalue weighted by Gasteiger charge is -2.28. The molecule has 0 spiro atoms. The minimum atomic E-state index is -0.473. The van der Waals surface area contributed by atoms with Gasteiger partial charge in [-0.25, -0.2) is 0 Å². The van der Waals surface area contributed by atoms with Gasteiger partial charge in [0.1, 0.15) is 0 Å². The minimum Gasteiger partial charge on any atom is -0.387 e. The molecule has 22 heavy (non-hydrogen) atoms. The summed E-state index contributed by atoms with van der Waals surface area (Å²) in [5.41, 5.74) is 2.52. The van der Waals surface area contributed by atoms with Gasteiger partial charge in [0.2, 0.25) is 0 Å². The highest BCUT2D eigenvalue weighted by atomic mass is 16.3. The summed E-state index contributed by atoms with van der Waals surface area (Å²) in [5, 5.41) is 11.5. The first kappa shape index (κ1) is 15.3. The molecule has 1 saturated heterocycles. The molecular weight excluding hydrogens is 276 g/mol. The number of nitrogens with one attached hydrogen (secondary N) is 1. The first-order chi connectivity index (χ1) is 10.7. The largest absolute Gasteiger partial charge is 0.387 e. The lowest BCUT2D eigenvalue weighted by molar-refractivity contribution is 0.102. The highest BCUT2D eigenvalue weighted by Gasteiger charge is 2.16. The number of hydrogen-bond acceptors (Lipinski definition) is 3. The van der Waals surface area contributed by atoms with Crippen molar-refractivity contribution in [3.8, 4) is 0 Å². The summed E-state index contributed by atoms with van der Waals surface area (Å²) in [4.78, 5) is 17.1. The van der Waals surface area contributed by atoms with Gasteiger partial charge in [0.25, 0.3) is 5.56 Å². The van der Waals surface area contributed by atoms with E-state index in [-0.39, 0.29) is 5.56 Å². The molecule has 2 N–H and O–H groups in total. The predicted molar refractivity (Wildman–Crippen MR) is 89.2 cm³/mol. The van der Waals surface area contributed by atoms with Crippen LogP contribution in [0.15, 0.2) is 29.1 Å². The van der Waals surface area contributed by atoms with Crippen LogP contribution in [-0.4, -0.2) is 34.6 Å². The lowest BCUT2D eigenvalue weighted by atomic mass is 10.0. The Balaban J connectivity index is 1.83. The van der Waals surface area contributed by atoms with Crippen molar-refractivity contribution < 1.29 is 5.11 Å². The average molecular weight is 300 g/mol. The zero-order valence-electron chi connectivity index (χ0n) is 13.1. The predicted octanol–water partition coefficient (Wildman–Crippen LogP) is 2.61. The fourth-order valence-corrected chi connectivity index (χ4v) is 3.23. The van der Waals surface area contributed by atoms with Gasteiger partial charge in [-0.05, 0) is 61.5 Å². The Morgan fingerprint density at radius 2 is 2.00 bits per heavy atom. The number of aromatic amines is 1. The van der Waals surface area contributed by atoms with Crippen LogP contribution in [-0.2, 0) is 6.42 Å². The van der Waals surface area contributed by atoms with Gasteiger partial charge in [-0.3, -0.25) is 4.79 Å². The highest BCUT2D eigenvalue weighted by molar-refractivity contribution is 5.79. The number of fused-ring (bicyclic) bond motifs is 1. The fourth-order valence-electron chi connectivity index (χ4n) is 3.23. The van der Waals surface area contributed by atoms with Crippen molar-refractivity contribution in [2.45, 2.75) is 38.7 Å². The molecule has 1 aliphatic heterocycles. The molecule has 0 aliphatic carbocycles. The Kier molecular flexibility index (Phi) is 4.60. The second-order valence-electron chi connectivity index (χ2n) is 6.20. The maximum Gasteiger partial charge on any atom is 0.251 e. The molecule has 1 aromatic carbocycles. The van der Waals surface area contributed by atoms with Crippen molar-refractivity contribution in [3.63, 3.8) is 0 Å². The number of nitrogens with zero attached hydrogens (tertiary/aromatic N) is 1. The van der Waals surface area contributed by atoms with Crippen LogP contribution in [0.1, 0.15) is 43.4 Å². The molecule has 2 heterocycles. The topological polar surface area (TPSA) is 56.3 Å². The molecular formula is C18H24N2O2. The Labute approximate surface area is 130 Å². The zero-order valence-corrected chi connectivity index (χ0v) is 13.1. The number of H-pyrrole nitrogens is 1. The first-order valence-electron chi connectivity index (χ1n) is 8.23. The van der Waals surface area contributed by atoms with Crippen LogP contribution in [0, 0.1) is 0 Å². The zero-order chi connectivity index (χ0) is 15.5. The molecule has 1 aromatic heterocycles. The van der Waals surface area contributed by atoms with Gasteiger partial charge < -0.3 is 15.0 Å². The van der Waals surface area contributed by atoms with Gasteiger partial charge in [0.15, 0.2) is 0 Å². The molecule has 0 saturated carbocycles. The minimum absolute atomic E-state index is 0.0170. The van der Waals surface area contributed by atoms with Crippen LogP contribution in [0.25, 0.3) is 10.9 Å². The van der Waals surface area contributed by atoms with Gasteiger partial charge in [-0.1, -0.05) is 19.4 Å². The van der Waals surface area contributed by atoms with Crippen LogP contribution in [0.5, 0.6) is 0 Å². The average Bonchev–Trinajstić information content (AvgIpc) is 2.54. The Bertz CT molecular complexity index is 702. The van der Waals surface area contributed by atoms with Crippen molar-refractivity contribution in [1.29, 1.82) is 0 Å². The van der Waals surface area contributed by atoms with Crippen LogP contribution in [0.3, 0.4) is 0 Å². The Hall–Kier alpha value is -1.65. The number of aryl methyl sites for hydroxylation is 1. The molecule has 1 atom stereocenters. The van der Waals surface area contributed by atoms with Crippen LogP contribution in [0.4, 0.5) is 0 Å². The van der Waals surface area contributed by atoms with E-state index in [4.69, 9.17) is 0 Å². The number of aromatic nitrogens is 1. The number of aliphatic hydroxyl groups excluding tert-OH is 1. The molecule has 1 unspecified atom stereocenters. The molecule has 2 aromatic rings. The molecule has 0 radical (unpaired) electrons. The van der Waals surface area contributed by atoms with Crippen molar-refractivity contribution in [2.24, 2.45) is 0 Å². The standard InChI is InChI=1S/C18H24N2O2/c1-2-13-10-15-11-14(6-7-16(15)19-18(13)22)17(21)12-20-8-4-3-5-9-20/h6-7,10-11,17,21H,2-5,8-9,12H2,1H3,(H,19,22). The highest BCUT2D eigenvalue weighted by Crippen LogP contribution is 2.21. The molecule has 4 heteroatoms. The van der Waals surface area contributed by atoms with Crippen molar-refractivity contribution >= 4 is 10.9 Å². The molecule has 3 rings (SSSR count). The van der Waals surface area contributed by atoms with Crippen LogP contribution in [0.2, 0.25) is 0 Å². The normalized spacial score (nSPS) is 17.7. The number of likely N-dealkylation sites (tertiary alicyclic amines) is 1. The third-order valence-corrected chi connectivity index (χ3v) is 4.59. The van der Waals surface area contributed by atoms with Crippen molar-refractivity contribution in [2.75, 3.05) is 19.6 Å². The number of hydrogen-bond donors (Lipinski definition) is 2. The maximum absolute atomic E-state index is 11.8.